The van der Waals surface area contributed by atoms with Crippen LogP contribution < -0.4 is 15.4 Å². The van der Waals surface area contributed by atoms with Crippen LogP contribution in [-0.4, -0.2) is 31.3 Å². The van der Waals surface area contributed by atoms with E-state index >= 15 is 0 Å². The SMILES string of the molecule is CN=C(NCCOc1c(Cl)cc(Cl)cc1Cl)NCc1ccon1.I. The maximum atomic E-state index is 6.04. The zero-order valence-corrected chi connectivity index (χ0v) is 17.3. The van der Waals surface area contributed by atoms with Crippen LogP contribution in [0.15, 0.2) is 34.0 Å². The summed E-state index contributed by atoms with van der Waals surface area (Å²) in [4.78, 5) is 4.09. The van der Waals surface area contributed by atoms with Gasteiger partial charge >= 0.3 is 0 Å². The maximum Gasteiger partial charge on any atom is 0.191 e. The Hall–Kier alpha value is -0.900. The second-order valence-corrected chi connectivity index (χ2v) is 5.64. The largest absolute Gasteiger partial charge is 0.489 e. The second kappa shape index (κ2) is 10.9. The van der Waals surface area contributed by atoms with Gasteiger partial charge in [-0.05, 0) is 12.1 Å². The Kier molecular flexibility index (Phi) is 9.57. The fourth-order valence-corrected chi connectivity index (χ4v) is 2.64. The molecule has 10 heteroatoms. The molecule has 1 heterocycles. The van der Waals surface area contributed by atoms with E-state index in [9.17, 15) is 0 Å². The molecule has 0 unspecified atom stereocenters. The number of hydrogen-bond donors (Lipinski definition) is 2. The molecule has 1 aromatic heterocycles. The first-order valence-corrected chi connectivity index (χ1v) is 7.84. The molecule has 0 saturated heterocycles. The average Bonchev–Trinajstić information content (AvgIpc) is 3.01. The predicted octanol–water partition coefficient (Wildman–Crippen LogP) is 4.00. The van der Waals surface area contributed by atoms with Gasteiger partial charge in [-0.3, -0.25) is 4.99 Å². The Labute approximate surface area is 171 Å². The van der Waals surface area contributed by atoms with Gasteiger partial charge in [0.05, 0.1) is 23.1 Å². The molecule has 24 heavy (non-hydrogen) atoms. The zero-order chi connectivity index (χ0) is 16.7. The Morgan fingerprint density at radius 1 is 1.25 bits per heavy atom. The van der Waals surface area contributed by atoms with Crippen molar-refractivity contribution in [2.45, 2.75) is 6.54 Å². The number of hydrogen-bond acceptors (Lipinski definition) is 4. The van der Waals surface area contributed by atoms with Crippen molar-refractivity contribution in [1.29, 1.82) is 0 Å². The van der Waals surface area contributed by atoms with Crippen LogP contribution in [0.4, 0.5) is 0 Å². The van der Waals surface area contributed by atoms with Gasteiger partial charge in [0, 0.05) is 18.1 Å². The minimum Gasteiger partial charge on any atom is -0.489 e. The van der Waals surface area contributed by atoms with Gasteiger partial charge in [-0.2, -0.15) is 0 Å². The highest BCUT2D eigenvalue weighted by atomic mass is 127. The molecule has 0 amide bonds. The number of halogens is 4. The summed E-state index contributed by atoms with van der Waals surface area (Å²) in [6.45, 7) is 1.37. The summed E-state index contributed by atoms with van der Waals surface area (Å²) in [5, 5.41) is 11.2. The highest BCUT2D eigenvalue weighted by Crippen LogP contribution is 2.35. The summed E-state index contributed by atoms with van der Waals surface area (Å²) in [5.74, 6) is 1.02. The van der Waals surface area contributed by atoms with Gasteiger partial charge in [0.15, 0.2) is 11.7 Å². The van der Waals surface area contributed by atoms with Gasteiger partial charge < -0.3 is 19.9 Å². The third-order valence-electron chi connectivity index (χ3n) is 2.76. The molecule has 1 aromatic carbocycles. The lowest BCUT2D eigenvalue weighted by Gasteiger charge is -2.13. The quantitative estimate of drug-likeness (QED) is 0.269. The Morgan fingerprint density at radius 2 is 1.96 bits per heavy atom. The van der Waals surface area contributed by atoms with E-state index in [0.717, 1.165) is 5.69 Å². The summed E-state index contributed by atoms with van der Waals surface area (Å²) in [5.41, 5.74) is 0.781. The first kappa shape index (κ1) is 21.1. The average molecular weight is 506 g/mol. The maximum absolute atomic E-state index is 6.04. The van der Waals surface area contributed by atoms with E-state index in [-0.39, 0.29) is 24.0 Å². The Balaban J connectivity index is 0.00000288. The van der Waals surface area contributed by atoms with Crippen LogP contribution in [0.2, 0.25) is 15.1 Å². The lowest BCUT2D eigenvalue weighted by molar-refractivity contribution is 0.322. The summed E-state index contributed by atoms with van der Waals surface area (Å²) in [6, 6.07) is 4.93. The van der Waals surface area contributed by atoms with Crippen molar-refractivity contribution in [2.24, 2.45) is 4.99 Å². The molecule has 0 radical (unpaired) electrons. The molecule has 0 bridgehead atoms. The van der Waals surface area contributed by atoms with Crippen LogP contribution in [0.25, 0.3) is 0 Å². The molecule has 2 N–H and O–H groups in total. The lowest BCUT2D eigenvalue weighted by atomic mass is 10.3. The van der Waals surface area contributed by atoms with Crippen molar-refractivity contribution in [1.82, 2.24) is 15.8 Å². The third-order valence-corrected chi connectivity index (χ3v) is 3.54. The molecule has 0 fully saturated rings. The van der Waals surface area contributed by atoms with Crippen LogP contribution in [-0.2, 0) is 6.54 Å². The molecule has 0 aliphatic rings. The minimum atomic E-state index is 0. The van der Waals surface area contributed by atoms with Gasteiger partial charge in [0.25, 0.3) is 0 Å². The molecule has 2 aromatic rings. The highest BCUT2D eigenvalue weighted by Gasteiger charge is 2.09. The molecule has 6 nitrogen and oxygen atoms in total. The van der Waals surface area contributed by atoms with E-state index in [1.165, 1.54) is 6.26 Å². The number of guanidine groups is 1. The number of ether oxygens (including phenoxy) is 1. The Bertz CT molecular complexity index is 645. The third kappa shape index (κ3) is 6.54. The van der Waals surface area contributed by atoms with Crippen LogP contribution in [0.3, 0.4) is 0 Å². The molecular weight excluding hydrogens is 489 g/mol. The highest BCUT2D eigenvalue weighted by molar-refractivity contribution is 14.0. The molecule has 132 valence electrons. The van der Waals surface area contributed by atoms with Crippen molar-refractivity contribution >= 4 is 64.7 Å². The fraction of sp³-hybridized carbons (Fsp3) is 0.286. The van der Waals surface area contributed by atoms with Crippen LogP contribution in [0.1, 0.15) is 5.69 Å². The number of rotatable bonds is 6. The van der Waals surface area contributed by atoms with Crippen LogP contribution in [0.5, 0.6) is 5.75 Å². The number of benzene rings is 1. The van der Waals surface area contributed by atoms with Gasteiger partial charge in [-0.25, -0.2) is 0 Å². The summed E-state index contributed by atoms with van der Waals surface area (Å²) >= 11 is 17.9. The van der Waals surface area contributed by atoms with Crippen molar-refractivity contribution in [3.8, 4) is 5.75 Å². The van der Waals surface area contributed by atoms with Gasteiger partial charge in [0.2, 0.25) is 0 Å². The van der Waals surface area contributed by atoms with E-state index in [2.05, 4.69) is 20.8 Å². The number of nitrogens with one attached hydrogen (secondary N) is 2. The molecule has 0 aliphatic carbocycles. The first-order chi connectivity index (χ1) is 11.1. The predicted molar refractivity (Wildman–Crippen MR) is 107 cm³/mol. The smallest absolute Gasteiger partial charge is 0.191 e. The second-order valence-electron chi connectivity index (χ2n) is 4.39. The van der Waals surface area contributed by atoms with E-state index in [4.69, 9.17) is 44.1 Å². The van der Waals surface area contributed by atoms with Crippen molar-refractivity contribution in [2.75, 3.05) is 20.2 Å². The molecular formula is C14H16Cl3IN4O2. The van der Waals surface area contributed by atoms with Crippen LogP contribution >= 0.6 is 58.8 Å². The lowest BCUT2D eigenvalue weighted by Crippen LogP contribution is -2.38. The van der Waals surface area contributed by atoms with Gasteiger partial charge in [-0.1, -0.05) is 40.0 Å². The molecule has 2 rings (SSSR count). The monoisotopic (exact) mass is 504 g/mol. The number of aromatic nitrogens is 1. The molecule has 0 saturated carbocycles. The Morgan fingerprint density at radius 3 is 2.54 bits per heavy atom. The van der Waals surface area contributed by atoms with Gasteiger partial charge in [0.1, 0.15) is 18.6 Å². The van der Waals surface area contributed by atoms with E-state index in [1.807, 2.05) is 0 Å². The van der Waals surface area contributed by atoms with Crippen molar-refractivity contribution < 1.29 is 9.26 Å². The summed E-state index contributed by atoms with van der Waals surface area (Å²) in [7, 11) is 1.67. The van der Waals surface area contributed by atoms with Crippen molar-refractivity contribution in [3.63, 3.8) is 0 Å². The minimum absolute atomic E-state index is 0. The number of aliphatic imine (C=N–C) groups is 1. The number of nitrogens with zero attached hydrogens (tertiary/aromatic N) is 2. The molecule has 0 aliphatic heterocycles. The normalized spacial score (nSPS) is 10.9. The summed E-state index contributed by atoms with van der Waals surface area (Å²) in [6.07, 6.45) is 1.51. The molecule has 0 spiro atoms. The van der Waals surface area contributed by atoms with Crippen molar-refractivity contribution in [3.05, 3.63) is 45.2 Å². The molecule has 0 atom stereocenters. The van der Waals surface area contributed by atoms with E-state index < -0.39 is 0 Å². The summed E-state index contributed by atoms with van der Waals surface area (Å²) < 4.78 is 10.3. The zero-order valence-electron chi connectivity index (χ0n) is 12.7. The first-order valence-electron chi connectivity index (χ1n) is 6.71. The fourth-order valence-electron chi connectivity index (χ4n) is 1.71. The van der Waals surface area contributed by atoms with E-state index in [1.54, 1.807) is 25.2 Å². The topological polar surface area (TPSA) is 71.7 Å². The van der Waals surface area contributed by atoms with Crippen LogP contribution in [0, 0.1) is 0 Å². The standard InChI is InChI=1S/C14H15Cl3N4O2.HI/c1-18-14(20-8-10-2-4-23-21-10)19-3-5-22-13-11(16)6-9(15)7-12(13)17;/h2,4,6-7H,3,5,8H2,1H3,(H2,18,19,20);1H. The van der Waals surface area contributed by atoms with E-state index in [0.29, 0.717) is 46.5 Å². The van der Waals surface area contributed by atoms with Gasteiger partial charge in [-0.15, -0.1) is 24.0 Å².